The van der Waals surface area contributed by atoms with Crippen molar-refractivity contribution in [1.82, 2.24) is 9.72 Å². The van der Waals surface area contributed by atoms with Crippen molar-refractivity contribution in [3.8, 4) is 0 Å². The summed E-state index contributed by atoms with van der Waals surface area (Å²) in [5, 5.41) is 3.81. The van der Waals surface area contributed by atoms with Gasteiger partial charge in [-0.2, -0.15) is 0 Å². The molecule has 1 atom stereocenters. The highest BCUT2D eigenvalue weighted by Crippen LogP contribution is 2.10. The Balaban J connectivity index is 1.67. The zero-order chi connectivity index (χ0) is 15.4. The van der Waals surface area contributed by atoms with Crippen LogP contribution in [0.5, 0.6) is 0 Å². The van der Waals surface area contributed by atoms with Gasteiger partial charge in [-0.15, -0.1) is 0 Å². The standard InChI is InChI=1S/C15H17FN2O4/c16-12-3-1-11(2-4-12)9-14-17-22-15(19)18(14)6-5-13-10-20-7-8-21-13/h1-4,13H,5-10H2. The zero-order valence-corrected chi connectivity index (χ0v) is 12.0. The molecular formula is C15H17FN2O4. The van der Waals surface area contributed by atoms with E-state index in [9.17, 15) is 9.18 Å². The lowest BCUT2D eigenvalue weighted by Gasteiger charge is -2.22. The lowest BCUT2D eigenvalue weighted by atomic mass is 10.1. The highest BCUT2D eigenvalue weighted by molar-refractivity contribution is 5.19. The number of benzene rings is 1. The molecule has 2 heterocycles. The van der Waals surface area contributed by atoms with Gasteiger partial charge in [0.25, 0.3) is 0 Å². The summed E-state index contributed by atoms with van der Waals surface area (Å²) in [6.07, 6.45) is 1.04. The fourth-order valence-corrected chi connectivity index (χ4v) is 2.40. The van der Waals surface area contributed by atoms with E-state index < -0.39 is 5.76 Å². The van der Waals surface area contributed by atoms with Crippen LogP contribution in [0, 0.1) is 5.82 Å². The molecule has 2 aromatic rings. The summed E-state index contributed by atoms with van der Waals surface area (Å²) in [7, 11) is 0. The first-order chi connectivity index (χ1) is 10.7. The third kappa shape index (κ3) is 3.61. The molecule has 1 aromatic carbocycles. The normalized spacial score (nSPS) is 18.5. The Morgan fingerprint density at radius 3 is 2.82 bits per heavy atom. The molecule has 0 saturated carbocycles. The van der Waals surface area contributed by atoms with Crippen molar-refractivity contribution >= 4 is 0 Å². The quantitative estimate of drug-likeness (QED) is 0.834. The molecule has 1 aliphatic rings. The minimum atomic E-state index is -0.492. The summed E-state index contributed by atoms with van der Waals surface area (Å²) in [4.78, 5) is 11.8. The van der Waals surface area contributed by atoms with Crippen LogP contribution in [0.1, 0.15) is 17.8 Å². The zero-order valence-electron chi connectivity index (χ0n) is 12.0. The number of aromatic nitrogens is 2. The Labute approximate surface area is 126 Å². The first-order valence-electron chi connectivity index (χ1n) is 7.21. The molecule has 0 N–H and O–H groups in total. The Kier molecular flexibility index (Phi) is 4.65. The van der Waals surface area contributed by atoms with Crippen molar-refractivity contribution in [2.24, 2.45) is 0 Å². The SMILES string of the molecule is O=c1onc(Cc2ccc(F)cc2)n1CCC1COCCO1. The number of rotatable bonds is 5. The highest BCUT2D eigenvalue weighted by atomic mass is 19.1. The van der Waals surface area contributed by atoms with E-state index in [1.165, 1.54) is 16.7 Å². The molecule has 0 aliphatic carbocycles. The van der Waals surface area contributed by atoms with E-state index in [-0.39, 0.29) is 11.9 Å². The Morgan fingerprint density at radius 1 is 1.27 bits per heavy atom. The van der Waals surface area contributed by atoms with Crippen molar-refractivity contribution < 1.29 is 18.4 Å². The number of ether oxygens (including phenoxy) is 2. The average molecular weight is 308 g/mol. The lowest BCUT2D eigenvalue weighted by molar-refractivity contribution is -0.0919. The van der Waals surface area contributed by atoms with Gasteiger partial charge >= 0.3 is 5.76 Å². The van der Waals surface area contributed by atoms with Crippen molar-refractivity contribution in [1.29, 1.82) is 0 Å². The second-order valence-electron chi connectivity index (χ2n) is 5.18. The van der Waals surface area contributed by atoms with E-state index in [2.05, 4.69) is 5.16 Å². The van der Waals surface area contributed by atoms with Crippen LogP contribution in [0.25, 0.3) is 0 Å². The van der Waals surface area contributed by atoms with E-state index in [1.807, 2.05) is 0 Å². The second-order valence-corrected chi connectivity index (χ2v) is 5.18. The third-order valence-electron chi connectivity index (χ3n) is 3.60. The molecular weight excluding hydrogens is 291 g/mol. The maximum absolute atomic E-state index is 12.9. The smallest absolute Gasteiger partial charge is 0.376 e. The fraction of sp³-hybridized carbons (Fsp3) is 0.467. The van der Waals surface area contributed by atoms with Gasteiger partial charge in [0.1, 0.15) is 5.82 Å². The molecule has 1 saturated heterocycles. The molecule has 0 bridgehead atoms. The fourth-order valence-electron chi connectivity index (χ4n) is 2.40. The molecule has 0 amide bonds. The first kappa shape index (κ1) is 14.9. The molecule has 1 unspecified atom stereocenters. The van der Waals surface area contributed by atoms with E-state index in [4.69, 9.17) is 14.0 Å². The third-order valence-corrected chi connectivity index (χ3v) is 3.60. The maximum Gasteiger partial charge on any atom is 0.441 e. The van der Waals surface area contributed by atoms with Gasteiger partial charge in [0.2, 0.25) is 0 Å². The summed E-state index contributed by atoms with van der Waals surface area (Å²) in [5.41, 5.74) is 0.862. The van der Waals surface area contributed by atoms with Crippen LogP contribution >= 0.6 is 0 Å². The Morgan fingerprint density at radius 2 is 2.09 bits per heavy atom. The van der Waals surface area contributed by atoms with Gasteiger partial charge in [-0.25, -0.2) is 9.18 Å². The van der Waals surface area contributed by atoms with Crippen molar-refractivity contribution in [2.75, 3.05) is 19.8 Å². The monoisotopic (exact) mass is 308 g/mol. The summed E-state index contributed by atoms with van der Waals surface area (Å²) < 4.78 is 30.0. The van der Waals surface area contributed by atoms with Crippen LogP contribution in [0.3, 0.4) is 0 Å². The van der Waals surface area contributed by atoms with Gasteiger partial charge in [-0.3, -0.25) is 9.09 Å². The van der Waals surface area contributed by atoms with Gasteiger partial charge in [0.15, 0.2) is 5.82 Å². The van der Waals surface area contributed by atoms with Gasteiger partial charge in [0.05, 0.1) is 25.9 Å². The maximum atomic E-state index is 12.9. The molecule has 7 heteroatoms. The molecule has 3 rings (SSSR count). The lowest BCUT2D eigenvalue weighted by Crippen LogP contribution is -2.31. The summed E-state index contributed by atoms with van der Waals surface area (Å²) in [6.45, 7) is 2.17. The largest absolute Gasteiger partial charge is 0.441 e. The Hall–Kier alpha value is -1.99. The minimum absolute atomic E-state index is 0.0192. The molecule has 6 nitrogen and oxygen atoms in total. The number of nitrogens with zero attached hydrogens (tertiary/aromatic N) is 2. The first-order valence-corrected chi connectivity index (χ1v) is 7.21. The van der Waals surface area contributed by atoms with Crippen molar-refractivity contribution in [2.45, 2.75) is 25.5 Å². The summed E-state index contributed by atoms with van der Waals surface area (Å²) >= 11 is 0. The number of hydrogen-bond acceptors (Lipinski definition) is 5. The van der Waals surface area contributed by atoms with Crippen LogP contribution in [-0.4, -0.2) is 35.6 Å². The molecule has 0 radical (unpaired) electrons. The van der Waals surface area contributed by atoms with Gasteiger partial charge in [-0.05, 0) is 24.1 Å². The van der Waals surface area contributed by atoms with Crippen molar-refractivity contribution in [3.63, 3.8) is 0 Å². The second kappa shape index (κ2) is 6.85. The molecule has 22 heavy (non-hydrogen) atoms. The molecule has 1 aliphatic heterocycles. The minimum Gasteiger partial charge on any atom is -0.376 e. The van der Waals surface area contributed by atoms with Crippen LogP contribution in [0.4, 0.5) is 4.39 Å². The predicted molar refractivity (Wildman–Crippen MR) is 75.1 cm³/mol. The number of hydrogen-bond donors (Lipinski definition) is 0. The summed E-state index contributed by atoms with van der Waals surface area (Å²) in [5.74, 6) is -0.266. The average Bonchev–Trinajstić information content (AvgIpc) is 2.89. The molecule has 1 fully saturated rings. The molecule has 118 valence electrons. The predicted octanol–water partition coefficient (Wildman–Crippen LogP) is 1.37. The van der Waals surface area contributed by atoms with E-state index in [0.717, 1.165) is 5.56 Å². The van der Waals surface area contributed by atoms with Gasteiger partial charge in [0, 0.05) is 13.0 Å². The van der Waals surface area contributed by atoms with Gasteiger partial charge in [-0.1, -0.05) is 17.3 Å². The van der Waals surface area contributed by atoms with Crippen molar-refractivity contribution in [3.05, 3.63) is 52.0 Å². The molecule has 1 aromatic heterocycles. The Bertz CT molecular complexity index is 659. The van der Waals surface area contributed by atoms with Crippen LogP contribution in [-0.2, 0) is 22.4 Å². The van der Waals surface area contributed by atoms with Crippen LogP contribution < -0.4 is 5.76 Å². The van der Waals surface area contributed by atoms with E-state index in [1.54, 1.807) is 12.1 Å². The van der Waals surface area contributed by atoms with Crippen LogP contribution in [0.2, 0.25) is 0 Å². The molecule has 0 spiro atoms. The van der Waals surface area contributed by atoms with E-state index in [0.29, 0.717) is 45.0 Å². The van der Waals surface area contributed by atoms with E-state index >= 15 is 0 Å². The van der Waals surface area contributed by atoms with Gasteiger partial charge < -0.3 is 9.47 Å². The number of halogens is 1. The topological polar surface area (TPSA) is 66.5 Å². The summed E-state index contributed by atoms with van der Waals surface area (Å²) in [6, 6.07) is 6.09. The highest BCUT2D eigenvalue weighted by Gasteiger charge is 2.17. The van der Waals surface area contributed by atoms with Crippen LogP contribution in [0.15, 0.2) is 33.6 Å².